The Morgan fingerprint density at radius 3 is 2.23 bits per heavy atom. The van der Waals surface area contributed by atoms with E-state index in [-0.39, 0.29) is 25.5 Å². The van der Waals surface area contributed by atoms with E-state index in [1.807, 2.05) is 42.5 Å². The molecule has 1 N–H and O–H groups in total. The first-order valence-electron chi connectivity index (χ1n) is 12.2. The summed E-state index contributed by atoms with van der Waals surface area (Å²) >= 11 is 0. The highest BCUT2D eigenvalue weighted by molar-refractivity contribution is 5.93. The van der Waals surface area contributed by atoms with Crippen molar-refractivity contribution in [3.8, 4) is 5.75 Å². The van der Waals surface area contributed by atoms with E-state index in [1.165, 1.54) is 24.8 Å². The zero-order valence-corrected chi connectivity index (χ0v) is 22.2. The highest BCUT2D eigenvalue weighted by atomic mass is 16.6. The third-order valence-corrected chi connectivity index (χ3v) is 5.74. The molecule has 11 nitrogen and oxygen atoms in total. The number of amides is 2. The molecule has 0 spiro atoms. The van der Waals surface area contributed by atoms with Crippen molar-refractivity contribution >= 4 is 23.9 Å². The van der Waals surface area contributed by atoms with E-state index < -0.39 is 42.2 Å². The lowest BCUT2D eigenvalue weighted by molar-refractivity contribution is -0.152. The molecule has 11 heteroatoms. The fourth-order valence-electron chi connectivity index (χ4n) is 3.80. The van der Waals surface area contributed by atoms with Gasteiger partial charge in [0.1, 0.15) is 24.2 Å². The van der Waals surface area contributed by atoms with Crippen LogP contribution >= 0.6 is 0 Å². The largest absolute Gasteiger partial charge is 0.497 e. The second kappa shape index (κ2) is 14.0. The first kappa shape index (κ1) is 29.2. The molecule has 2 aromatic carbocycles. The van der Waals surface area contributed by atoms with E-state index >= 15 is 0 Å². The summed E-state index contributed by atoms with van der Waals surface area (Å²) in [6.07, 6.45) is -1.38. The minimum Gasteiger partial charge on any atom is -0.497 e. The fourth-order valence-corrected chi connectivity index (χ4v) is 3.80. The summed E-state index contributed by atoms with van der Waals surface area (Å²) in [6.45, 7) is 2.87. The molecular weight excluding hydrogens is 508 g/mol. The van der Waals surface area contributed by atoms with Crippen LogP contribution in [0.4, 0.5) is 4.79 Å². The average molecular weight is 541 g/mol. The second-order valence-corrected chi connectivity index (χ2v) is 8.71. The van der Waals surface area contributed by atoms with Crippen LogP contribution in [0.5, 0.6) is 5.75 Å². The van der Waals surface area contributed by atoms with Crippen molar-refractivity contribution < 1.29 is 42.9 Å². The maximum Gasteiger partial charge on any atom is 0.410 e. The van der Waals surface area contributed by atoms with Crippen LogP contribution in [0.15, 0.2) is 66.4 Å². The van der Waals surface area contributed by atoms with E-state index in [0.717, 1.165) is 18.2 Å². The molecule has 208 valence electrons. The number of hydrogen-bond acceptors (Lipinski definition) is 9. The van der Waals surface area contributed by atoms with Crippen molar-refractivity contribution in [3.63, 3.8) is 0 Å². The molecule has 0 aliphatic carbocycles. The van der Waals surface area contributed by atoms with Gasteiger partial charge in [-0.15, -0.1) is 0 Å². The van der Waals surface area contributed by atoms with Crippen molar-refractivity contribution in [2.75, 3.05) is 20.8 Å². The Labute approximate surface area is 226 Å². The maximum atomic E-state index is 12.8. The first-order chi connectivity index (χ1) is 18.7. The number of methoxy groups -OCH3 is 2. The van der Waals surface area contributed by atoms with Crippen molar-refractivity contribution in [2.24, 2.45) is 0 Å². The normalized spacial score (nSPS) is 15.9. The third kappa shape index (κ3) is 8.85. The summed E-state index contributed by atoms with van der Waals surface area (Å²) in [5.74, 6) is -1.35. The van der Waals surface area contributed by atoms with Gasteiger partial charge in [0.05, 0.1) is 26.9 Å². The first-order valence-corrected chi connectivity index (χ1v) is 12.2. The molecule has 1 fully saturated rings. The molecular formula is C28H32N2O9. The topological polar surface area (TPSA) is 129 Å². The Balaban J connectivity index is 1.84. The molecule has 3 atom stereocenters. The standard InChI is InChI=1S/C28H32N2O9/c1-18(31)29-23(27(33)36-4)14-25(39-19(2)32)26(37-16-21-10-12-22(35-3)13-11-21)24-15-30(24)28(34)38-17-20-8-6-5-7-9-20/h5-14,24-26H,15-17H2,1-4H3,(H,29,31)/b23-14+/t24-,25+,26+,30?/m0/s1. The van der Waals surface area contributed by atoms with Gasteiger partial charge in [0, 0.05) is 20.4 Å². The van der Waals surface area contributed by atoms with Gasteiger partial charge in [-0.1, -0.05) is 42.5 Å². The Bertz CT molecular complexity index is 1180. The molecule has 0 saturated carbocycles. The van der Waals surface area contributed by atoms with Crippen molar-refractivity contribution in [3.05, 3.63) is 77.5 Å². The molecule has 0 aromatic heterocycles. The van der Waals surface area contributed by atoms with Gasteiger partial charge >= 0.3 is 18.0 Å². The lowest BCUT2D eigenvalue weighted by Crippen LogP contribution is -2.40. The number of nitrogens with one attached hydrogen (secondary N) is 1. The van der Waals surface area contributed by atoms with Gasteiger partial charge in [-0.25, -0.2) is 9.59 Å². The number of carbonyl (C=O) groups is 4. The predicted octanol–water partition coefficient (Wildman–Crippen LogP) is 2.73. The maximum absolute atomic E-state index is 12.8. The predicted molar refractivity (Wildman–Crippen MR) is 138 cm³/mol. The van der Waals surface area contributed by atoms with Gasteiger partial charge in [0.2, 0.25) is 5.91 Å². The average Bonchev–Trinajstić information content (AvgIpc) is 3.72. The number of ether oxygens (including phenoxy) is 5. The summed E-state index contributed by atoms with van der Waals surface area (Å²) < 4.78 is 27.1. The van der Waals surface area contributed by atoms with Crippen LogP contribution in [0.2, 0.25) is 0 Å². The summed E-state index contributed by atoms with van der Waals surface area (Å²) in [6, 6.07) is 15.8. The van der Waals surface area contributed by atoms with Crippen molar-refractivity contribution in [2.45, 2.75) is 45.3 Å². The molecule has 2 aromatic rings. The monoisotopic (exact) mass is 540 g/mol. The Hall–Kier alpha value is -4.38. The van der Waals surface area contributed by atoms with Gasteiger partial charge < -0.3 is 29.0 Å². The van der Waals surface area contributed by atoms with Crippen molar-refractivity contribution in [1.29, 1.82) is 0 Å². The molecule has 0 radical (unpaired) electrons. The number of hydrogen-bond donors (Lipinski definition) is 1. The highest BCUT2D eigenvalue weighted by Crippen LogP contribution is 2.30. The number of esters is 2. The van der Waals surface area contributed by atoms with E-state index in [2.05, 4.69) is 5.32 Å². The molecule has 3 rings (SSSR count). The molecule has 1 aliphatic rings. The van der Waals surface area contributed by atoms with Gasteiger partial charge in [-0.05, 0) is 29.3 Å². The lowest BCUT2D eigenvalue weighted by atomic mass is 10.1. The highest BCUT2D eigenvalue weighted by Gasteiger charge is 2.49. The summed E-state index contributed by atoms with van der Waals surface area (Å²) in [5.41, 5.74) is 1.39. The number of rotatable bonds is 12. The van der Waals surface area contributed by atoms with Crippen LogP contribution in [0.25, 0.3) is 0 Å². The smallest absolute Gasteiger partial charge is 0.410 e. The quantitative estimate of drug-likeness (QED) is 0.187. The van der Waals surface area contributed by atoms with Gasteiger partial charge in [-0.2, -0.15) is 0 Å². The SMILES string of the molecule is COC(=O)/C(=C\[C@@H](OC(C)=O)[C@H](OCc1ccc(OC)cc1)[C@@H]1CN1C(=O)OCc1ccccc1)NC(C)=O. The van der Waals surface area contributed by atoms with Crippen LogP contribution in [0.1, 0.15) is 25.0 Å². The second-order valence-electron chi connectivity index (χ2n) is 8.71. The van der Waals surface area contributed by atoms with Crippen LogP contribution in [0.3, 0.4) is 0 Å². The Morgan fingerprint density at radius 1 is 0.974 bits per heavy atom. The van der Waals surface area contributed by atoms with Crippen LogP contribution in [-0.2, 0) is 46.5 Å². The third-order valence-electron chi connectivity index (χ3n) is 5.74. The zero-order valence-electron chi connectivity index (χ0n) is 22.2. The molecule has 1 heterocycles. The molecule has 1 saturated heterocycles. The zero-order chi connectivity index (χ0) is 28.4. The number of carbonyl (C=O) groups excluding carboxylic acids is 4. The van der Waals surface area contributed by atoms with E-state index in [0.29, 0.717) is 5.75 Å². The fraction of sp³-hybridized carbons (Fsp3) is 0.357. The summed E-state index contributed by atoms with van der Waals surface area (Å²) in [5, 5.41) is 2.39. The molecule has 0 bridgehead atoms. The molecule has 2 amide bonds. The van der Waals surface area contributed by atoms with Crippen LogP contribution in [0, 0.1) is 0 Å². The Morgan fingerprint density at radius 2 is 1.64 bits per heavy atom. The molecule has 39 heavy (non-hydrogen) atoms. The van der Waals surface area contributed by atoms with Gasteiger partial charge in [-0.3, -0.25) is 14.5 Å². The molecule has 0 unspecified atom stereocenters. The Kier molecular flexibility index (Phi) is 10.4. The lowest BCUT2D eigenvalue weighted by Gasteiger charge is -2.25. The van der Waals surface area contributed by atoms with E-state index in [1.54, 1.807) is 19.2 Å². The summed E-state index contributed by atoms with van der Waals surface area (Å²) in [7, 11) is 2.71. The van der Waals surface area contributed by atoms with Gasteiger partial charge in [0.15, 0.2) is 6.10 Å². The minimum absolute atomic E-state index is 0.0859. The summed E-state index contributed by atoms with van der Waals surface area (Å²) in [4.78, 5) is 50.3. The molecule has 1 aliphatic heterocycles. The van der Waals surface area contributed by atoms with E-state index in [9.17, 15) is 19.2 Å². The van der Waals surface area contributed by atoms with Crippen LogP contribution < -0.4 is 10.1 Å². The van der Waals surface area contributed by atoms with E-state index in [4.69, 9.17) is 23.7 Å². The number of nitrogens with zero attached hydrogens (tertiary/aromatic N) is 1. The number of benzene rings is 2. The van der Waals surface area contributed by atoms with Crippen molar-refractivity contribution in [1.82, 2.24) is 10.2 Å². The van der Waals surface area contributed by atoms with Crippen LogP contribution in [-0.4, -0.2) is 67.9 Å². The van der Waals surface area contributed by atoms with Gasteiger partial charge in [0.25, 0.3) is 0 Å². The minimum atomic E-state index is -1.15.